The monoisotopic (exact) mass is 347 g/mol. The summed E-state index contributed by atoms with van der Waals surface area (Å²) in [6, 6.07) is 16.1. The van der Waals surface area contributed by atoms with Gasteiger partial charge in [-0.1, -0.05) is 47.1 Å². The van der Waals surface area contributed by atoms with E-state index in [1.54, 1.807) is 0 Å². The zero-order chi connectivity index (χ0) is 18.1. The van der Waals surface area contributed by atoms with Crippen molar-refractivity contribution < 1.29 is 9.32 Å². The van der Waals surface area contributed by atoms with Gasteiger partial charge in [-0.25, -0.2) is 0 Å². The van der Waals surface area contributed by atoms with Crippen LogP contribution in [0.25, 0.3) is 11.5 Å². The first-order valence-electron chi connectivity index (χ1n) is 8.83. The van der Waals surface area contributed by atoms with Gasteiger partial charge in [0.05, 0.1) is 0 Å². The summed E-state index contributed by atoms with van der Waals surface area (Å²) >= 11 is 0. The highest BCUT2D eigenvalue weighted by molar-refractivity contribution is 5.79. The van der Waals surface area contributed by atoms with Crippen LogP contribution in [0.2, 0.25) is 0 Å². The summed E-state index contributed by atoms with van der Waals surface area (Å²) in [4.78, 5) is 18.8. The molecule has 1 atom stereocenters. The average Bonchev–Trinajstić information content (AvgIpc) is 3.25. The number of aryl methyl sites for hydroxylation is 2. The van der Waals surface area contributed by atoms with Crippen LogP contribution in [0.4, 0.5) is 0 Å². The largest absolute Gasteiger partial charge is 0.338 e. The van der Waals surface area contributed by atoms with E-state index in [-0.39, 0.29) is 11.8 Å². The summed E-state index contributed by atoms with van der Waals surface area (Å²) in [5, 5.41) is 4.13. The van der Waals surface area contributed by atoms with Crippen LogP contribution < -0.4 is 0 Å². The van der Waals surface area contributed by atoms with Crippen molar-refractivity contribution in [3.8, 4) is 11.5 Å². The molecule has 0 saturated carbocycles. The number of amides is 1. The molecule has 0 bridgehead atoms. The van der Waals surface area contributed by atoms with Crippen molar-refractivity contribution in [1.29, 1.82) is 0 Å². The van der Waals surface area contributed by atoms with E-state index < -0.39 is 0 Å². The minimum Gasteiger partial charge on any atom is -0.338 e. The third-order valence-electron chi connectivity index (χ3n) is 4.94. The minimum absolute atomic E-state index is 0.0190. The predicted molar refractivity (Wildman–Crippen MR) is 98.4 cm³/mol. The van der Waals surface area contributed by atoms with Gasteiger partial charge in [0.2, 0.25) is 5.91 Å². The predicted octanol–water partition coefficient (Wildman–Crippen LogP) is 3.87. The molecule has 5 heteroatoms. The summed E-state index contributed by atoms with van der Waals surface area (Å²) in [5.41, 5.74) is 4.46. The second kappa shape index (κ2) is 6.75. The molecule has 132 valence electrons. The Hall–Kier alpha value is -2.95. The van der Waals surface area contributed by atoms with E-state index in [2.05, 4.69) is 29.2 Å². The van der Waals surface area contributed by atoms with E-state index in [0.717, 1.165) is 5.56 Å². The summed E-state index contributed by atoms with van der Waals surface area (Å²) in [7, 11) is 0. The minimum atomic E-state index is -0.0190. The maximum absolute atomic E-state index is 12.4. The van der Waals surface area contributed by atoms with Crippen LogP contribution in [0.5, 0.6) is 0 Å². The molecule has 1 amide bonds. The molecule has 3 aromatic rings. The number of benzene rings is 2. The van der Waals surface area contributed by atoms with E-state index >= 15 is 0 Å². The number of aromatic nitrogens is 2. The molecule has 1 saturated heterocycles. The second-order valence-electron chi connectivity index (χ2n) is 6.93. The Morgan fingerprint density at radius 3 is 2.65 bits per heavy atom. The first kappa shape index (κ1) is 16.5. The number of hydrogen-bond donors (Lipinski definition) is 0. The van der Waals surface area contributed by atoms with Crippen LogP contribution in [0.3, 0.4) is 0 Å². The second-order valence-corrected chi connectivity index (χ2v) is 6.93. The molecule has 1 aromatic heterocycles. The number of carbonyl (C=O) groups is 1. The molecule has 1 aliphatic heterocycles. The van der Waals surface area contributed by atoms with Gasteiger partial charge in [-0.15, -0.1) is 0 Å². The smallest absolute Gasteiger partial charge is 0.257 e. The van der Waals surface area contributed by atoms with E-state index in [1.807, 2.05) is 48.2 Å². The summed E-state index contributed by atoms with van der Waals surface area (Å²) in [5.74, 6) is 1.24. The standard InChI is InChI=1S/C21H21N3O2/c1-14-7-9-16(10-8-14)21-22-20(23-26-21)18-11-19(25)24(13-18)12-17-6-4-3-5-15(17)2/h3-10,18H,11-13H2,1-2H3. The number of nitrogens with zero attached hydrogens (tertiary/aromatic N) is 3. The Morgan fingerprint density at radius 2 is 1.88 bits per heavy atom. The van der Waals surface area contributed by atoms with Gasteiger partial charge in [0.1, 0.15) is 0 Å². The molecule has 0 radical (unpaired) electrons. The number of rotatable bonds is 4. The molecule has 2 aromatic carbocycles. The highest BCUT2D eigenvalue weighted by Crippen LogP contribution is 2.29. The fourth-order valence-electron chi connectivity index (χ4n) is 3.31. The molecule has 2 heterocycles. The maximum atomic E-state index is 12.4. The lowest BCUT2D eigenvalue weighted by molar-refractivity contribution is -0.128. The first-order chi connectivity index (χ1) is 12.6. The molecular weight excluding hydrogens is 326 g/mol. The molecular formula is C21H21N3O2. The number of hydrogen-bond acceptors (Lipinski definition) is 4. The van der Waals surface area contributed by atoms with Crippen LogP contribution >= 0.6 is 0 Å². The summed E-state index contributed by atoms with van der Waals surface area (Å²) < 4.78 is 5.42. The third-order valence-corrected chi connectivity index (χ3v) is 4.94. The van der Waals surface area contributed by atoms with Crippen molar-refractivity contribution in [2.75, 3.05) is 6.54 Å². The van der Waals surface area contributed by atoms with Gasteiger partial charge in [-0.3, -0.25) is 4.79 Å². The van der Waals surface area contributed by atoms with Gasteiger partial charge in [-0.05, 0) is 37.1 Å². The zero-order valence-electron chi connectivity index (χ0n) is 15.0. The number of likely N-dealkylation sites (tertiary alicyclic amines) is 1. The summed E-state index contributed by atoms with van der Waals surface area (Å²) in [6.45, 7) is 5.36. The van der Waals surface area contributed by atoms with Crippen molar-refractivity contribution in [3.05, 3.63) is 71.0 Å². The first-order valence-corrected chi connectivity index (χ1v) is 8.83. The topological polar surface area (TPSA) is 59.2 Å². The molecule has 4 rings (SSSR count). The van der Waals surface area contributed by atoms with E-state index in [1.165, 1.54) is 16.7 Å². The fraction of sp³-hybridized carbons (Fsp3) is 0.286. The molecule has 1 unspecified atom stereocenters. The molecule has 0 aliphatic carbocycles. The van der Waals surface area contributed by atoms with Crippen LogP contribution in [0.1, 0.15) is 34.9 Å². The van der Waals surface area contributed by atoms with E-state index in [9.17, 15) is 4.79 Å². The van der Waals surface area contributed by atoms with Crippen LogP contribution in [0, 0.1) is 13.8 Å². The lowest BCUT2D eigenvalue weighted by Gasteiger charge is -2.17. The third kappa shape index (κ3) is 3.25. The van der Waals surface area contributed by atoms with Crippen molar-refractivity contribution in [2.24, 2.45) is 0 Å². The Bertz CT molecular complexity index is 930. The summed E-state index contributed by atoms with van der Waals surface area (Å²) in [6.07, 6.45) is 0.429. The molecule has 0 spiro atoms. The van der Waals surface area contributed by atoms with Crippen LogP contribution in [-0.4, -0.2) is 27.5 Å². The quantitative estimate of drug-likeness (QED) is 0.719. The van der Waals surface area contributed by atoms with Crippen LogP contribution in [0.15, 0.2) is 53.1 Å². The Balaban J connectivity index is 1.49. The molecule has 0 N–H and O–H groups in total. The molecule has 5 nitrogen and oxygen atoms in total. The molecule has 26 heavy (non-hydrogen) atoms. The van der Waals surface area contributed by atoms with Crippen molar-refractivity contribution >= 4 is 5.91 Å². The van der Waals surface area contributed by atoms with Crippen LogP contribution in [-0.2, 0) is 11.3 Å². The van der Waals surface area contributed by atoms with Gasteiger partial charge in [0, 0.05) is 31.0 Å². The van der Waals surface area contributed by atoms with Gasteiger partial charge >= 0.3 is 0 Å². The highest BCUT2D eigenvalue weighted by atomic mass is 16.5. The highest BCUT2D eigenvalue weighted by Gasteiger charge is 2.33. The SMILES string of the molecule is Cc1ccc(-c2nc(C3CC(=O)N(Cc4ccccc4C)C3)no2)cc1. The van der Waals surface area contributed by atoms with Gasteiger partial charge < -0.3 is 9.42 Å². The lowest BCUT2D eigenvalue weighted by Crippen LogP contribution is -2.24. The maximum Gasteiger partial charge on any atom is 0.257 e. The normalized spacial score (nSPS) is 17.1. The van der Waals surface area contributed by atoms with Gasteiger partial charge in [0.25, 0.3) is 5.89 Å². The van der Waals surface area contributed by atoms with E-state index in [0.29, 0.717) is 31.2 Å². The van der Waals surface area contributed by atoms with Crippen molar-refractivity contribution in [3.63, 3.8) is 0 Å². The van der Waals surface area contributed by atoms with Crippen molar-refractivity contribution in [2.45, 2.75) is 32.7 Å². The average molecular weight is 347 g/mol. The van der Waals surface area contributed by atoms with E-state index in [4.69, 9.17) is 4.52 Å². The molecule has 1 fully saturated rings. The molecule has 1 aliphatic rings. The van der Waals surface area contributed by atoms with Gasteiger partial charge in [-0.2, -0.15) is 4.98 Å². The Morgan fingerprint density at radius 1 is 1.12 bits per heavy atom. The Kier molecular flexibility index (Phi) is 4.29. The zero-order valence-corrected chi connectivity index (χ0v) is 15.0. The fourth-order valence-corrected chi connectivity index (χ4v) is 3.31. The van der Waals surface area contributed by atoms with Crippen molar-refractivity contribution in [1.82, 2.24) is 15.0 Å². The lowest BCUT2D eigenvalue weighted by atomic mass is 10.1. The Labute approximate surface area is 152 Å². The van der Waals surface area contributed by atoms with Gasteiger partial charge in [0.15, 0.2) is 5.82 Å². The number of carbonyl (C=O) groups excluding carboxylic acids is 1.